The standard InChI is InChI=1S/C10H12N2O2/c1-3-4-5-9-10(12(13)14)8(2)6-7-11-9/h3,6-7H,1,4-5H2,2H3. The fourth-order valence-electron chi connectivity index (χ4n) is 1.28. The molecule has 0 unspecified atom stereocenters. The molecule has 0 aliphatic carbocycles. The summed E-state index contributed by atoms with van der Waals surface area (Å²) in [6.07, 6.45) is 4.60. The second-order valence-corrected chi connectivity index (χ2v) is 3.01. The van der Waals surface area contributed by atoms with Crippen molar-refractivity contribution in [3.63, 3.8) is 0 Å². The maximum atomic E-state index is 10.7. The summed E-state index contributed by atoms with van der Waals surface area (Å²) < 4.78 is 0. The average molecular weight is 192 g/mol. The zero-order valence-electron chi connectivity index (χ0n) is 8.06. The molecule has 4 nitrogen and oxygen atoms in total. The Morgan fingerprint density at radius 3 is 3.00 bits per heavy atom. The van der Waals surface area contributed by atoms with E-state index in [4.69, 9.17) is 0 Å². The van der Waals surface area contributed by atoms with Gasteiger partial charge in [0.15, 0.2) is 0 Å². The number of aromatic nitrogens is 1. The summed E-state index contributed by atoms with van der Waals surface area (Å²) >= 11 is 0. The molecule has 0 aliphatic heterocycles. The second-order valence-electron chi connectivity index (χ2n) is 3.01. The molecule has 0 N–H and O–H groups in total. The van der Waals surface area contributed by atoms with E-state index < -0.39 is 0 Å². The fourth-order valence-corrected chi connectivity index (χ4v) is 1.28. The molecule has 1 heterocycles. The largest absolute Gasteiger partial charge is 0.293 e. The third-order valence-corrected chi connectivity index (χ3v) is 1.97. The van der Waals surface area contributed by atoms with E-state index in [1.165, 1.54) is 0 Å². The Morgan fingerprint density at radius 2 is 2.43 bits per heavy atom. The molecule has 0 spiro atoms. The lowest BCUT2D eigenvalue weighted by Gasteiger charge is -2.02. The molecule has 14 heavy (non-hydrogen) atoms. The molecule has 0 aromatic carbocycles. The van der Waals surface area contributed by atoms with Crippen molar-refractivity contribution < 1.29 is 4.92 Å². The number of hydrogen-bond donors (Lipinski definition) is 0. The van der Waals surface area contributed by atoms with E-state index in [9.17, 15) is 10.1 Å². The summed E-state index contributed by atoms with van der Waals surface area (Å²) in [4.78, 5) is 14.4. The minimum absolute atomic E-state index is 0.134. The molecular weight excluding hydrogens is 180 g/mol. The van der Waals surface area contributed by atoms with Gasteiger partial charge in [-0.2, -0.15) is 0 Å². The van der Waals surface area contributed by atoms with Gasteiger partial charge in [0, 0.05) is 18.2 Å². The van der Waals surface area contributed by atoms with Crippen LogP contribution in [0, 0.1) is 17.0 Å². The van der Waals surface area contributed by atoms with Crippen LogP contribution in [-0.2, 0) is 6.42 Å². The first kappa shape index (κ1) is 10.4. The van der Waals surface area contributed by atoms with Crippen LogP contribution in [0.4, 0.5) is 5.69 Å². The minimum atomic E-state index is -0.374. The molecule has 0 aliphatic rings. The predicted octanol–water partition coefficient (Wildman–Crippen LogP) is 2.42. The number of hydrogen-bond acceptors (Lipinski definition) is 3. The van der Waals surface area contributed by atoms with E-state index in [0.717, 1.165) is 0 Å². The first-order chi connectivity index (χ1) is 6.66. The van der Waals surface area contributed by atoms with Gasteiger partial charge >= 0.3 is 0 Å². The van der Waals surface area contributed by atoms with Crippen LogP contribution in [0.25, 0.3) is 0 Å². The smallest absolute Gasteiger partial charge is 0.258 e. The highest BCUT2D eigenvalue weighted by atomic mass is 16.6. The highest BCUT2D eigenvalue weighted by Gasteiger charge is 2.16. The number of aryl methyl sites for hydroxylation is 2. The molecule has 0 amide bonds. The molecule has 0 fully saturated rings. The van der Waals surface area contributed by atoms with E-state index >= 15 is 0 Å². The Bertz CT molecular complexity index is 361. The van der Waals surface area contributed by atoms with Gasteiger partial charge < -0.3 is 0 Å². The van der Waals surface area contributed by atoms with Crippen LogP contribution < -0.4 is 0 Å². The summed E-state index contributed by atoms with van der Waals surface area (Å²) in [5.74, 6) is 0. The highest BCUT2D eigenvalue weighted by Crippen LogP contribution is 2.21. The zero-order chi connectivity index (χ0) is 10.6. The summed E-state index contributed by atoms with van der Waals surface area (Å²) in [6, 6.07) is 1.65. The van der Waals surface area contributed by atoms with Crippen molar-refractivity contribution in [1.29, 1.82) is 0 Å². The molecule has 0 atom stereocenters. The SMILES string of the molecule is C=CCCc1nccc(C)c1[N+](=O)[O-]. The lowest BCUT2D eigenvalue weighted by molar-refractivity contribution is -0.386. The Kier molecular flexibility index (Phi) is 3.34. The van der Waals surface area contributed by atoms with Crippen molar-refractivity contribution in [1.82, 2.24) is 4.98 Å². The number of nitro groups is 1. The van der Waals surface area contributed by atoms with E-state index in [1.54, 1.807) is 25.3 Å². The van der Waals surface area contributed by atoms with Crippen molar-refractivity contribution in [2.45, 2.75) is 19.8 Å². The summed E-state index contributed by atoms with van der Waals surface area (Å²) in [5.41, 5.74) is 1.33. The maximum absolute atomic E-state index is 10.7. The van der Waals surface area contributed by atoms with Crippen molar-refractivity contribution >= 4 is 5.69 Å². The molecule has 74 valence electrons. The molecule has 0 radical (unpaired) electrons. The third kappa shape index (κ3) is 2.16. The van der Waals surface area contributed by atoms with Crippen LogP contribution in [0.1, 0.15) is 17.7 Å². The molecule has 1 aromatic rings. The molecule has 0 saturated heterocycles. The van der Waals surface area contributed by atoms with Gasteiger partial charge in [0.2, 0.25) is 0 Å². The van der Waals surface area contributed by atoms with Gasteiger partial charge in [-0.25, -0.2) is 0 Å². The number of pyridine rings is 1. The van der Waals surface area contributed by atoms with Gasteiger partial charge in [-0.3, -0.25) is 15.1 Å². The third-order valence-electron chi connectivity index (χ3n) is 1.97. The molecule has 1 rings (SSSR count). The predicted molar refractivity (Wildman–Crippen MR) is 54.1 cm³/mol. The minimum Gasteiger partial charge on any atom is -0.258 e. The van der Waals surface area contributed by atoms with Gasteiger partial charge in [-0.1, -0.05) is 6.08 Å². The lowest BCUT2D eigenvalue weighted by atomic mass is 10.1. The van der Waals surface area contributed by atoms with Gasteiger partial charge in [0.25, 0.3) is 5.69 Å². The topological polar surface area (TPSA) is 56.0 Å². The van der Waals surface area contributed by atoms with E-state index in [1.807, 2.05) is 0 Å². The summed E-state index contributed by atoms with van der Waals surface area (Å²) in [7, 11) is 0. The van der Waals surface area contributed by atoms with Gasteiger partial charge in [0.1, 0.15) is 5.69 Å². The van der Waals surface area contributed by atoms with Crippen molar-refractivity contribution in [3.05, 3.63) is 46.3 Å². The van der Waals surface area contributed by atoms with E-state index in [2.05, 4.69) is 11.6 Å². The Morgan fingerprint density at radius 1 is 1.71 bits per heavy atom. The Balaban J connectivity index is 3.07. The molecule has 0 bridgehead atoms. The Hall–Kier alpha value is -1.71. The van der Waals surface area contributed by atoms with Crippen LogP contribution >= 0.6 is 0 Å². The monoisotopic (exact) mass is 192 g/mol. The molecule has 4 heteroatoms. The van der Waals surface area contributed by atoms with Crippen LogP contribution in [0.2, 0.25) is 0 Å². The molecule has 1 aromatic heterocycles. The normalized spacial score (nSPS) is 9.79. The molecular formula is C10H12N2O2. The molecule has 0 saturated carbocycles. The van der Waals surface area contributed by atoms with Gasteiger partial charge in [-0.05, 0) is 19.4 Å². The summed E-state index contributed by atoms with van der Waals surface area (Å²) in [6.45, 7) is 5.29. The number of nitrogens with zero attached hydrogens (tertiary/aromatic N) is 2. The fraction of sp³-hybridized carbons (Fsp3) is 0.300. The van der Waals surface area contributed by atoms with Gasteiger partial charge in [0.05, 0.1) is 4.92 Å². The Labute approximate surface area is 82.4 Å². The van der Waals surface area contributed by atoms with Gasteiger partial charge in [-0.15, -0.1) is 6.58 Å². The summed E-state index contributed by atoms with van der Waals surface area (Å²) in [5, 5.41) is 10.7. The van der Waals surface area contributed by atoms with Crippen LogP contribution in [0.3, 0.4) is 0 Å². The van der Waals surface area contributed by atoms with Crippen molar-refractivity contribution in [3.8, 4) is 0 Å². The second kappa shape index (κ2) is 4.50. The van der Waals surface area contributed by atoms with E-state index in [-0.39, 0.29) is 10.6 Å². The van der Waals surface area contributed by atoms with E-state index in [0.29, 0.717) is 24.1 Å². The lowest BCUT2D eigenvalue weighted by Crippen LogP contribution is -2.00. The highest BCUT2D eigenvalue weighted by molar-refractivity contribution is 5.42. The quantitative estimate of drug-likeness (QED) is 0.418. The van der Waals surface area contributed by atoms with Crippen LogP contribution in [0.15, 0.2) is 24.9 Å². The maximum Gasteiger partial charge on any atom is 0.293 e. The van der Waals surface area contributed by atoms with Crippen LogP contribution in [-0.4, -0.2) is 9.91 Å². The average Bonchev–Trinajstić information content (AvgIpc) is 2.14. The first-order valence-corrected chi connectivity index (χ1v) is 4.36. The zero-order valence-corrected chi connectivity index (χ0v) is 8.06. The number of allylic oxidation sites excluding steroid dienone is 1. The van der Waals surface area contributed by atoms with Crippen LogP contribution in [0.5, 0.6) is 0 Å². The first-order valence-electron chi connectivity index (χ1n) is 4.36. The van der Waals surface area contributed by atoms with Crippen molar-refractivity contribution in [2.24, 2.45) is 0 Å². The van der Waals surface area contributed by atoms with Crippen molar-refractivity contribution in [2.75, 3.05) is 0 Å². The number of rotatable bonds is 4.